The molecular weight excluding hydrogens is 487 g/mol. The van der Waals surface area contributed by atoms with Crippen molar-refractivity contribution in [3.63, 3.8) is 0 Å². The third-order valence-electron chi connectivity index (χ3n) is 3.90. The Balaban J connectivity index is -0.000000397. The van der Waals surface area contributed by atoms with Gasteiger partial charge in [0.05, 0.1) is 25.3 Å². The molecule has 2 rings (SSSR count). The van der Waals surface area contributed by atoms with E-state index in [1.54, 1.807) is 0 Å². The Morgan fingerprint density at radius 2 is 0.903 bits per heavy atom. The van der Waals surface area contributed by atoms with Gasteiger partial charge in [-0.25, -0.2) is 0 Å². The summed E-state index contributed by atoms with van der Waals surface area (Å²) in [5, 5.41) is 72.1. The predicted molar refractivity (Wildman–Crippen MR) is 90.1 cm³/mol. The minimum atomic E-state index is -4.67. The first-order valence-electron chi connectivity index (χ1n) is 7.97. The normalized spacial score (nSPS) is 40.0. The second kappa shape index (κ2) is 16.3. The summed E-state index contributed by atoms with van der Waals surface area (Å²) in [5.41, 5.74) is 10.5. The predicted octanol–water partition coefficient (Wildman–Crippen LogP) is -13.2. The number of aliphatic hydroxyl groups excluding tert-OH is 8. The van der Waals surface area contributed by atoms with E-state index >= 15 is 0 Å². The molecular formula is C12H28ClN2NaO14S. The Morgan fingerprint density at radius 1 is 0.677 bits per heavy atom. The van der Waals surface area contributed by atoms with Crippen LogP contribution in [0.1, 0.15) is 0 Å². The fourth-order valence-corrected chi connectivity index (χ4v) is 2.24. The van der Waals surface area contributed by atoms with E-state index in [1.807, 2.05) is 0 Å². The van der Waals surface area contributed by atoms with Crippen LogP contribution in [0.5, 0.6) is 0 Å². The van der Waals surface area contributed by atoms with Crippen LogP contribution in [-0.4, -0.2) is 133 Å². The maximum Gasteiger partial charge on any atom is 1.00 e. The number of aliphatic hydroxyl groups is 8. The number of hydrogen-bond acceptors (Lipinski definition) is 14. The van der Waals surface area contributed by atoms with E-state index in [0.29, 0.717) is 0 Å². The minimum Gasteiger partial charge on any atom is -1.00 e. The van der Waals surface area contributed by atoms with Crippen LogP contribution in [0.3, 0.4) is 0 Å². The van der Waals surface area contributed by atoms with E-state index in [1.165, 1.54) is 0 Å². The molecule has 2 aliphatic rings. The Kier molecular flexibility index (Phi) is 19.1. The van der Waals surface area contributed by atoms with E-state index in [4.69, 9.17) is 58.9 Å². The molecule has 0 radical (unpaired) electrons. The second-order valence-electron chi connectivity index (χ2n) is 6.06. The van der Waals surface area contributed by atoms with Crippen LogP contribution in [0.4, 0.5) is 0 Å². The van der Waals surface area contributed by atoms with Crippen molar-refractivity contribution in [1.29, 1.82) is 0 Å². The first kappa shape index (κ1) is 36.3. The summed E-state index contributed by atoms with van der Waals surface area (Å²) in [6, 6.07) is -2.08. The molecule has 2 heterocycles. The zero-order valence-corrected chi connectivity index (χ0v) is 19.8. The first-order valence-corrected chi connectivity index (χ1v) is 9.37. The van der Waals surface area contributed by atoms with E-state index in [9.17, 15) is 20.4 Å². The van der Waals surface area contributed by atoms with E-state index < -0.39 is 84.9 Å². The van der Waals surface area contributed by atoms with Gasteiger partial charge < -0.3 is 74.2 Å². The van der Waals surface area contributed by atoms with Crippen molar-refractivity contribution in [3.8, 4) is 0 Å². The molecule has 0 aromatic heterocycles. The summed E-state index contributed by atoms with van der Waals surface area (Å²) >= 11 is 0. The van der Waals surface area contributed by atoms with Gasteiger partial charge in [-0.3, -0.25) is 9.11 Å². The van der Waals surface area contributed by atoms with Crippen molar-refractivity contribution in [2.75, 3.05) is 13.2 Å². The summed E-state index contributed by atoms with van der Waals surface area (Å²) in [6.07, 6.45) is -9.70. The smallest absolute Gasteiger partial charge is 1.00 e. The third kappa shape index (κ3) is 12.6. The molecule has 19 heteroatoms. The molecule has 2 saturated heterocycles. The van der Waals surface area contributed by atoms with Gasteiger partial charge in [-0.1, -0.05) is 0 Å². The number of halogens is 1. The fraction of sp³-hybridized carbons (Fsp3) is 1.00. The second-order valence-corrected chi connectivity index (χ2v) is 6.96. The molecule has 0 saturated carbocycles. The van der Waals surface area contributed by atoms with Crippen LogP contribution < -0.4 is 53.4 Å². The minimum absolute atomic E-state index is 0. The van der Waals surface area contributed by atoms with Crippen molar-refractivity contribution >= 4 is 10.4 Å². The zero-order valence-electron chi connectivity index (χ0n) is 16.2. The van der Waals surface area contributed by atoms with Gasteiger partial charge in [-0.15, -0.1) is 0 Å². The number of hydrogen-bond donors (Lipinski definition) is 12. The van der Waals surface area contributed by atoms with Gasteiger partial charge in [0.25, 0.3) is 0 Å². The summed E-state index contributed by atoms with van der Waals surface area (Å²) < 4.78 is 41.0. The molecule has 10 atom stereocenters. The van der Waals surface area contributed by atoms with Crippen molar-refractivity contribution in [2.24, 2.45) is 11.5 Å². The topological polar surface area (TPSA) is 307 Å². The quantitative estimate of drug-likeness (QED) is 0.120. The maximum atomic E-state index is 9.20. The zero-order chi connectivity index (χ0) is 23.1. The molecule has 2 fully saturated rings. The molecule has 14 N–H and O–H groups in total. The number of ether oxygens (including phenoxy) is 2. The first-order chi connectivity index (χ1) is 13.1. The molecule has 0 aromatic carbocycles. The Labute approximate surface area is 205 Å². The van der Waals surface area contributed by atoms with Crippen molar-refractivity contribution < 1.29 is 110 Å². The molecule has 0 amide bonds. The van der Waals surface area contributed by atoms with Crippen molar-refractivity contribution in [3.05, 3.63) is 0 Å². The van der Waals surface area contributed by atoms with Gasteiger partial charge in [0.1, 0.15) is 36.6 Å². The molecule has 0 aromatic rings. The average Bonchev–Trinajstić information content (AvgIpc) is 2.63. The molecule has 184 valence electrons. The van der Waals surface area contributed by atoms with Gasteiger partial charge in [-0.05, 0) is 0 Å². The van der Waals surface area contributed by atoms with Gasteiger partial charge in [0.2, 0.25) is 0 Å². The summed E-state index contributed by atoms with van der Waals surface area (Å²) in [7, 11) is -4.67. The van der Waals surface area contributed by atoms with Gasteiger partial charge >= 0.3 is 40.0 Å². The van der Waals surface area contributed by atoms with E-state index in [0.717, 1.165) is 0 Å². The van der Waals surface area contributed by atoms with Gasteiger partial charge in [0, 0.05) is 0 Å². The standard InChI is InChI=1S/2C6H13NO5.ClH.Na.H2O4S/c2*7-3-5(10)4(9)2(1-8)12-6(3)11;;;1-5(2,3)4/h2*2-6,8-11H,1,7H2;1H;;(H2,1,2,3,4)/q;;;+1;/p-1/t2*2-,3-,4-,5-,6?;;;/m11.../s1. The van der Waals surface area contributed by atoms with Crippen molar-refractivity contribution in [2.45, 2.75) is 61.3 Å². The van der Waals surface area contributed by atoms with Crippen LogP contribution in [-0.2, 0) is 19.9 Å². The summed E-state index contributed by atoms with van der Waals surface area (Å²) in [6.45, 7) is -0.940. The molecule has 0 bridgehead atoms. The molecule has 16 nitrogen and oxygen atoms in total. The number of rotatable bonds is 2. The monoisotopic (exact) mass is 514 g/mol. The fourth-order valence-electron chi connectivity index (χ4n) is 2.24. The Hall–Kier alpha value is 0.680. The molecule has 2 unspecified atom stereocenters. The molecule has 0 spiro atoms. The summed E-state index contributed by atoms with van der Waals surface area (Å²) in [5.74, 6) is 0. The summed E-state index contributed by atoms with van der Waals surface area (Å²) in [4.78, 5) is 0. The molecule has 0 aliphatic carbocycles. The Morgan fingerprint density at radius 3 is 1.10 bits per heavy atom. The van der Waals surface area contributed by atoms with Crippen LogP contribution in [0.25, 0.3) is 0 Å². The number of nitrogens with two attached hydrogens (primary N) is 2. The van der Waals surface area contributed by atoms with Crippen LogP contribution >= 0.6 is 0 Å². The van der Waals surface area contributed by atoms with Gasteiger partial charge in [0.15, 0.2) is 12.6 Å². The average molecular weight is 515 g/mol. The third-order valence-corrected chi connectivity index (χ3v) is 3.90. The molecule has 31 heavy (non-hydrogen) atoms. The SMILES string of the molecule is N[C@H]1C(O)O[C@H](CO)[C@@H](O)[C@@H]1O.N[C@H]1C(O)O[C@H](CO)[C@@H](O)[C@@H]1O.O=S(=O)(O)O.[Cl-].[Na+]. The maximum absolute atomic E-state index is 9.20. The largest absolute Gasteiger partial charge is 1.00 e. The van der Waals surface area contributed by atoms with E-state index in [-0.39, 0.29) is 42.0 Å². The Bertz CT molecular complexity index is 528. The van der Waals surface area contributed by atoms with Crippen LogP contribution in [0.2, 0.25) is 0 Å². The molecule has 2 aliphatic heterocycles. The van der Waals surface area contributed by atoms with Gasteiger partial charge in [-0.2, -0.15) is 8.42 Å². The van der Waals surface area contributed by atoms with E-state index in [2.05, 4.69) is 0 Å². The van der Waals surface area contributed by atoms with Crippen molar-refractivity contribution in [1.82, 2.24) is 0 Å². The van der Waals surface area contributed by atoms with Crippen LogP contribution in [0, 0.1) is 0 Å². The van der Waals surface area contributed by atoms with Crippen LogP contribution in [0.15, 0.2) is 0 Å².